The molecule has 0 radical (unpaired) electrons. The van der Waals surface area contributed by atoms with E-state index in [0.717, 1.165) is 18.8 Å². The minimum atomic E-state index is 0. The van der Waals surface area contributed by atoms with Gasteiger partial charge in [-0.05, 0) is 36.8 Å². The second-order valence-corrected chi connectivity index (χ2v) is 4.20. The van der Waals surface area contributed by atoms with Gasteiger partial charge in [0.05, 0.1) is 7.11 Å². The number of anilines is 1. The quantitative estimate of drug-likeness (QED) is 0.778. The number of nitrogens with zero attached hydrogens (tertiary/aromatic N) is 3. The molecule has 0 unspecified atom stereocenters. The number of para-hydroxylation sites is 1. The summed E-state index contributed by atoms with van der Waals surface area (Å²) in [7, 11) is 1.69. The van der Waals surface area contributed by atoms with Crippen molar-refractivity contribution in [3.63, 3.8) is 0 Å². The third kappa shape index (κ3) is 5.72. The summed E-state index contributed by atoms with van der Waals surface area (Å²) in [4.78, 5) is 2.35. The fourth-order valence-electron chi connectivity index (χ4n) is 1.98. The van der Waals surface area contributed by atoms with Gasteiger partial charge in [-0.1, -0.05) is 30.3 Å². The smallest absolute Gasteiger partial charge is 0.118 e. The molecule has 0 heterocycles. The van der Waals surface area contributed by atoms with Crippen molar-refractivity contribution in [3.8, 4) is 5.75 Å². The van der Waals surface area contributed by atoms with Gasteiger partial charge in [0.2, 0.25) is 0 Å². The maximum absolute atomic E-state index is 6.00. The molecule has 2 rings (SSSR count). The molecule has 0 fully saturated rings. The Morgan fingerprint density at radius 1 is 0.952 bits per heavy atom. The van der Waals surface area contributed by atoms with Crippen LogP contribution < -0.4 is 9.64 Å². The predicted octanol–water partition coefficient (Wildman–Crippen LogP) is 4.17. The van der Waals surface area contributed by atoms with Gasteiger partial charge in [0, 0.05) is 29.6 Å². The van der Waals surface area contributed by atoms with Crippen LogP contribution in [0.5, 0.6) is 5.75 Å². The van der Waals surface area contributed by atoms with Crippen LogP contribution in [0.4, 0.5) is 5.69 Å². The summed E-state index contributed by atoms with van der Waals surface area (Å²) in [5, 5.41) is 12.0. The number of ether oxygens (including phenoxy) is 1. The first-order valence-electron chi connectivity index (χ1n) is 6.46. The summed E-state index contributed by atoms with van der Waals surface area (Å²) >= 11 is 0. The molecule has 0 amide bonds. The zero-order chi connectivity index (χ0) is 14.8. The third-order valence-electron chi connectivity index (χ3n) is 3.04. The van der Waals surface area contributed by atoms with Crippen molar-refractivity contribution >= 4 is 18.1 Å². The largest absolute Gasteiger partial charge is 0.497 e. The van der Waals surface area contributed by atoms with E-state index in [2.05, 4.69) is 48.2 Å². The molecule has 0 aliphatic carbocycles. The predicted molar refractivity (Wildman–Crippen MR) is 86.9 cm³/mol. The van der Waals surface area contributed by atoms with Crippen molar-refractivity contribution in [2.75, 3.05) is 18.6 Å². The topological polar surface area (TPSA) is 60.0 Å². The molecule has 0 saturated carbocycles. The highest BCUT2D eigenvalue weighted by atomic mass is 35.5. The molecule has 4 nitrogen and oxygen atoms in total. The summed E-state index contributed by atoms with van der Waals surface area (Å²) < 4.78 is 5.17. The van der Waals surface area contributed by atoms with E-state index in [9.17, 15) is 0 Å². The lowest BCUT2D eigenvalue weighted by Crippen LogP contribution is -2.21. The molecular formula is C16H20ClN3O. The van der Waals surface area contributed by atoms with Crippen molar-refractivity contribution in [1.82, 2.24) is 0 Å². The van der Waals surface area contributed by atoms with Gasteiger partial charge in [0.1, 0.15) is 5.75 Å². The van der Waals surface area contributed by atoms with E-state index in [1.807, 2.05) is 18.2 Å². The summed E-state index contributed by atoms with van der Waals surface area (Å²) in [6.07, 6.45) is 0. The van der Waals surface area contributed by atoms with Crippen molar-refractivity contribution in [2.24, 2.45) is 0 Å². The molecule has 2 aromatic rings. The van der Waals surface area contributed by atoms with Crippen molar-refractivity contribution in [3.05, 3.63) is 60.2 Å². The fourth-order valence-corrected chi connectivity index (χ4v) is 1.98. The molecule has 5 heteroatoms. The van der Waals surface area contributed by atoms with E-state index in [1.165, 1.54) is 11.3 Å². The van der Waals surface area contributed by atoms with Gasteiger partial charge in [0.15, 0.2) is 0 Å². The number of rotatable bonds is 5. The first-order chi connectivity index (χ1) is 9.83. The van der Waals surface area contributed by atoms with Crippen LogP contribution in [0.1, 0.15) is 12.5 Å². The summed E-state index contributed by atoms with van der Waals surface area (Å²) in [6.45, 7) is 4.09. The zero-order valence-corrected chi connectivity index (χ0v) is 13.1. The number of methoxy groups -OCH3 is 1. The first-order valence-corrected chi connectivity index (χ1v) is 6.46. The van der Waals surface area contributed by atoms with Crippen LogP contribution in [0, 0.1) is 10.8 Å². The van der Waals surface area contributed by atoms with Gasteiger partial charge in [-0.25, -0.2) is 0 Å². The fraction of sp³-hybridized carbons (Fsp3) is 0.250. The van der Waals surface area contributed by atoms with Crippen LogP contribution >= 0.6 is 12.4 Å². The van der Waals surface area contributed by atoms with Gasteiger partial charge >= 0.3 is 0 Å². The van der Waals surface area contributed by atoms with E-state index < -0.39 is 0 Å². The highest BCUT2D eigenvalue weighted by Crippen LogP contribution is 2.18. The highest BCUT2D eigenvalue weighted by Gasteiger charge is 2.04. The molecule has 0 N–H and O–H groups in total. The molecule has 21 heavy (non-hydrogen) atoms. The van der Waals surface area contributed by atoms with Gasteiger partial charge < -0.3 is 9.64 Å². The zero-order valence-electron chi connectivity index (χ0n) is 12.3. The minimum Gasteiger partial charge on any atom is -0.497 e. The minimum absolute atomic E-state index is 0. The SMILES string of the molecule is CCN(Cc1ccc(OC)cc1)c1ccccc1.Cl.N#N. The Morgan fingerprint density at radius 3 is 2.00 bits per heavy atom. The summed E-state index contributed by atoms with van der Waals surface area (Å²) in [6, 6.07) is 18.7. The summed E-state index contributed by atoms with van der Waals surface area (Å²) in [5.41, 5.74) is 2.55. The Hall–Kier alpha value is -2.25. The van der Waals surface area contributed by atoms with E-state index in [-0.39, 0.29) is 12.4 Å². The van der Waals surface area contributed by atoms with Crippen LogP contribution in [0.3, 0.4) is 0 Å². The van der Waals surface area contributed by atoms with E-state index in [4.69, 9.17) is 15.5 Å². The number of hydrogen-bond donors (Lipinski definition) is 0. The Kier molecular flexibility index (Phi) is 9.40. The Bertz CT molecular complexity index is 514. The van der Waals surface area contributed by atoms with Crippen molar-refractivity contribution in [1.29, 1.82) is 10.8 Å². The number of benzene rings is 2. The molecule has 0 saturated heterocycles. The monoisotopic (exact) mass is 305 g/mol. The Labute approximate surface area is 132 Å². The molecule has 0 aromatic heterocycles. The maximum atomic E-state index is 6.00. The van der Waals surface area contributed by atoms with Gasteiger partial charge in [0.25, 0.3) is 0 Å². The maximum Gasteiger partial charge on any atom is 0.118 e. The normalized spacial score (nSPS) is 8.76. The van der Waals surface area contributed by atoms with Crippen LogP contribution in [-0.4, -0.2) is 13.7 Å². The van der Waals surface area contributed by atoms with Gasteiger partial charge in [-0.15, -0.1) is 12.4 Å². The van der Waals surface area contributed by atoms with E-state index in [1.54, 1.807) is 7.11 Å². The van der Waals surface area contributed by atoms with Crippen LogP contribution in [0.2, 0.25) is 0 Å². The third-order valence-corrected chi connectivity index (χ3v) is 3.04. The van der Waals surface area contributed by atoms with Crippen LogP contribution in [0.15, 0.2) is 54.6 Å². The number of halogens is 1. The second-order valence-electron chi connectivity index (χ2n) is 4.20. The van der Waals surface area contributed by atoms with Crippen LogP contribution in [-0.2, 0) is 6.54 Å². The van der Waals surface area contributed by atoms with Gasteiger partial charge in [-0.2, -0.15) is 0 Å². The lowest BCUT2D eigenvalue weighted by molar-refractivity contribution is 0.414. The Balaban J connectivity index is 0.00000128. The van der Waals surface area contributed by atoms with E-state index in [0.29, 0.717) is 0 Å². The van der Waals surface area contributed by atoms with Gasteiger partial charge in [-0.3, -0.25) is 0 Å². The molecule has 0 spiro atoms. The van der Waals surface area contributed by atoms with Crippen LogP contribution in [0.25, 0.3) is 0 Å². The Morgan fingerprint density at radius 2 is 1.52 bits per heavy atom. The summed E-state index contributed by atoms with van der Waals surface area (Å²) in [5.74, 6) is 0.904. The highest BCUT2D eigenvalue weighted by molar-refractivity contribution is 5.85. The van der Waals surface area contributed by atoms with Crippen molar-refractivity contribution < 1.29 is 4.74 Å². The van der Waals surface area contributed by atoms with E-state index >= 15 is 0 Å². The lowest BCUT2D eigenvalue weighted by Gasteiger charge is -2.23. The molecule has 112 valence electrons. The molecule has 0 aliphatic rings. The molecule has 0 atom stereocenters. The molecule has 2 aromatic carbocycles. The number of hydrogen-bond acceptors (Lipinski definition) is 4. The molecular weight excluding hydrogens is 286 g/mol. The second kappa shape index (κ2) is 10.5. The van der Waals surface area contributed by atoms with Crippen molar-refractivity contribution in [2.45, 2.75) is 13.5 Å². The average Bonchev–Trinajstić information content (AvgIpc) is 2.56. The average molecular weight is 306 g/mol. The molecule has 0 bridgehead atoms. The molecule has 0 aliphatic heterocycles. The standard InChI is InChI=1S/C16H19NO.ClH.N2/c1-3-17(15-7-5-4-6-8-15)13-14-9-11-16(18-2)12-10-14;;1-2/h4-12H,3,13H2,1-2H3;1H;. The first kappa shape index (κ1) is 18.8. The lowest BCUT2D eigenvalue weighted by atomic mass is 10.2.